The Morgan fingerprint density at radius 3 is 1.19 bits per heavy atom. The van der Waals surface area contributed by atoms with Crippen molar-refractivity contribution in [3.63, 3.8) is 0 Å². The van der Waals surface area contributed by atoms with E-state index in [9.17, 15) is 91.0 Å². The number of rotatable bonds is 53. The monoisotopic (exact) mass is 1510 g/mol. The van der Waals surface area contributed by atoms with Crippen LogP contribution in [0.5, 0.6) is 0 Å². The van der Waals surface area contributed by atoms with Gasteiger partial charge in [-0.2, -0.15) is 0 Å². The second-order valence-electron chi connectivity index (χ2n) is 29.3. The van der Waals surface area contributed by atoms with Crippen molar-refractivity contribution in [2.24, 2.45) is 0 Å². The number of hydrogen-bond donors (Lipinski definition) is 18. The van der Waals surface area contributed by atoms with Crippen LogP contribution in [0.4, 0.5) is 0 Å². The Morgan fingerprint density at radius 1 is 0.381 bits per heavy atom. The van der Waals surface area contributed by atoms with Gasteiger partial charge in [0.2, 0.25) is 17.7 Å². The number of carbonyl (C=O) groups is 3. The molecule has 5 aliphatic rings. The minimum absolute atomic E-state index is 0.170. The molecule has 0 aromatic carbocycles. The fraction of sp³-hybridized carbons (Fsp3) is 0.932. The van der Waals surface area contributed by atoms with Crippen molar-refractivity contribution in [2.45, 2.75) is 399 Å². The number of hydrogen-bond acceptors (Lipinski definition) is 28. The summed E-state index contributed by atoms with van der Waals surface area (Å²) in [6, 6.07) is -4.21. The largest absolute Gasteiger partial charge is 0.394 e. The molecule has 0 aliphatic carbocycles. The zero-order valence-corrected chi connectivity index (χ0v) is 62.6. The molecule has 614 valence electrons. The summed E-state index contributed by atoms with van der Waals surface area (Å²) in [4.78, 5) is 38.2. The normalized spacial score (nSPS) is 34.4. The third-order valence-corrected chi connectivity index (χ3v) is 20.6. The number of allylic oxidation sites excluding steroid dienone is 1. The van der Waals surface area contributed by atoms with Crippen LogP contribution in [0.3, 0.4) is 0 Å². The van der Waals surface area contributed by atoms with Gasteiger partial charge in [0, 0.05) is 20.3 Å². The lowest BCUT2D eigenvalue weighted by Gasteiger charge is -2.50. The summed E-state index contributed by atoms with van der Waals surface area (Å²) >= 11 is 0. The molecule has 3 amide bonds. The zero-order valence-electron chi connectivity index (χ0n) is 62.6. The first-order valence-electron chi connectivity index (χ1n) is 39.4. The average molecular weight is 1510 g/mol. The smallest absolute Gasteiger partial charge is 0.220 e. The van der Waals surface area contributed by atoms with Gasteiger partial charge in [0.1, 0.15) is 122 Å². The Hall–Kier alpha value is -2.85. The SMILES string of the molecule is CCCCCCCCCCCCC/C=C/[C@@H](O)[C@H](CO[C@@H]1OC(CO)[C@@H](O[C@@H]2OC(CO[C@@H]3OC(CO)[C@@H](O)[C@H](O)C3NC(C)=O)[C@H](O)[C@H](O[C@H]3OC(CO)[C@H](O)[C@H](O[C@@H]4OC(CO)[C@H](O)[C@H](O)C4NC(C)=O)C3O)C2O)[C@H](O)C1O)NC(=O)CCCCCCCCCCCCCCCCCCCCC. The Kier molecular flexibility index (Phi) is 45.6. The summed E-state index contributed by atoms with van der Waals surface area (Å²) in [5.41, 5.74) is 0. The van der Waals surface area contributed by atoms with Gasteiger partial charge >= 0.3 is 0 Å². The second kappa shape index (κ2) is 51.7. The van der Waals surface area contributed by atoms with Gasteiger partial charge in [-0.15, -0.1) is 0 Å². The second-order valence-corrected chi connectivity index (χ2v) is 29.3. The van der Waals surface area contributed by atoms with Crippen LogP contribution in [-0.4, -0.2) is 300 Å². The lowest BCUT2D eigenvalue weighted by Crippen LogP contribution is -2.69. The lowest BCUT2D eigenvalue weighted by molar-refractivity contribution is -0.390. The average Bonchev–Trinajstić information content (AvgIpc) is 0.775. The number of ether oxygens (including phenoxy) is 10. The van der Waals surface area contributed by atoms with Crippen LogP contribution in [0.15, 0.2) is 12.2 Å². The Labute approximate surface area is 620 Å². The maximum Gasteiger partial charge on any atom is 0.220 e. The van der Waals surface area contributed by atoms with Crippen LogP contribution < -0.4 is 16.0 Å². The predicted octanol–water partition coefficient (Wildman–Crippen LogP) is 1.31. The number of carbonyl (C=O) groups excluding carboxylic acids is 3. The first-order valence-corrected chi connectivity index (χ1v) is 39.4. The van der Waals surface area contributed by atoms with Crippen molar-refractivity contribution in [1.29, 1.82) is 0 Å². The Morgan fingerprint density at radius 2 is 0.743 bits per heavy atom. The van der Waals surface area contributed by atoms with Gasteiger partial charge in [0.15, 0.2) is 31.5 Å². The van der Waals surface area contributed by atoms with E-state index < -0.39 is 217 Å². The van der Waals surface area contributed by atoms with E-state index in [1.807, 2.05) is 6.08 Å². The van der Waals surface area contributed by atoms with Crippen molar-refractivity contribution in [2.75, 3.05) is 39.6 Å². The number of nitrogens with one attached hydrogen (secondary N) is 3. The van der Waals surface area contributed by atoms with Gasteiger partial charge in [-0.1, -0.05) is 206 Å². The first-order chi connectivity index (χ1) is 50.5. The molecular weight excluding hydrogens is 1380 g/mol. The first kappa shape index (κ1) is 92.8. The fourth-order valence-electron chi connectivity index (χ4n) is 14.2. The van der Waals surface area contributed by atoms with Crippen molar-refractivity contribution in [3.8, 4) is 0 Å². The molecule has 31 nitrogen and oxygen atoms in total. The van der Waals surface area contributed by atoms with E-state index in [4.69, 9.17) is 47.4 Å². The molecule has 0 bridgehead atoms. The Bertz CT molecular complexity index is 2340. The van der Waals surface area contributed by atoms with Crippen LogP contribution in [-0.2, 0) is 61.8 Å². The summed E-state index contributed by atoms with van der Waals surface area (Å²) in [6.45, 7) is 1.58. The highest BCUT2D eigenvalue weighted by atomic mass is 16.8. The predicted molar refractivity (Wildman–Crippen MR) is 380 cm³/mol. The molecule has 0 spiro atoms. The number of aliphatic hydroxyl groups is 15. The van der Waals surface area contributed by atoms with E-state index in [1.165, 1.54) is 135 Å². The van der Waals surface area contributed by atoms with Crippen LogP contribution in [0.1, 0.15) is 233 Å². The maximum absolute atomic E-state index is 13.6. The quantitative estimate of drug-likeness (QED) is 0.0301. The van der Waals surface area contributed by atoms with Crippen LogP contribution in [0, 0.1) is 0 Å². The Balaban J connectivity index is 1.28. The summed E-state index contributed by atoms with van der Waals surface area (Å²) in [5, 5.41) is 175. The summed E-state index contributed by atoms with van der Waals surface area (Å²) in [7, 11) is 0. The van der Waals surface area contributed by atoms with E-state index in [-0.39, 0.29) is 12.3 Å². The summed E-state index contributed by atoms with van der Waals surface area (Å²) in [5.74, 6) is -1.81. The molecule has 5 rings (SSSR count). The van der Waals surface area contributed by atoms with E-state index in [1.54, 1.807) is 6.08 Å². The molecule has 18 N–H and O–H groups in total. The third-order valence-electron chi connectivity index (χ3n) is 20.6. The van der Waals surface area contributed by atoms with E-state index in [0.29, 0.717) is 12.8 Å². The zero-order chi connectivity index (χ0) is 76.8. The molecule has 0 aromatic heterocycles. The highest BCUT2D eigenvalue weighted by Crippen LogP contribution is 2.36. The van der Waals surface area contributed by atoms with Gasteiger partial charge in [0.25, 0.3) is 0 Å². The summed E-state index contributed by atoms with van der Waals surface area (Å²) in [6.07, 6.45) is -4.83. The fourth-order valence-corrected chi connectivity index (χ4v) is 14.2. The van der Waals surface area contributed by atoms with Crippen molar-refractivity contribution in [3.05, 3.63) is 12.2 Å². The number of unbranched alkanes of at least 4 members (excludes halogenated alkanes) is 29. The molecule has 0 aromatic rings. The third kappa shape index (κ3) is 31.0. The van der Waals surface area contributed by atoms with Gasteiger partial charge in [-0.3, -0.25) is 14.4 Å². The molecule has 31 heteroatoms. The molecule has 5 heterocycles. The topological polar surface area (TPSA) is 483 Å². The molecule has 0 radical (unpaired) electrons. The van der Waals surface area contributed by atoms with E-state index in [0.717, 1.165) is 65.2 Å². The van der Waals surface area contributed by atoms with E-state index in [2.05, 4.69) is 29.8 Å². The molecule has 27 atom stereocenters. The minimum atomic E-state index is -2.27. The highest BCUT2D eigenvalue weighted by molar-refractivity contribution is 5.76. The van der Waals surface area contributed by atoms with Gasteiger partial charge in [0.05, 0.1) is 51.8 Å². The van der Waals surface area contributed by atoms with Gasteiger partial charge < -0.3 is 140 Å². The van der Waals surface area contributed by atoms with Crippen LogP contribution in [0.2, 0.25) is 0 Å². The lowest BCUT2D eigenvalue weighted by atomic mass is 9.94. The van der Waals surface area contributed by atoms with Crippen LogP contribution in [0.25, 0.3) is 0 Å². The molecule has 0 saturated carbocycles. The summed E-state index contributed by atoms with van der Waals surface area (Å²) < 4.78 is 59.3. The molecule has 10 unspecified atom stereocenters. The standard InChI is InChI=1S/C74H135N3O28/c1-5-7-9-11-13-15-17-19-20-21-22-23-24-26-28-30-32-34-36-38-54(85)77-47(48(84)37-35-33-31-29-27-25-18-16-14-12-10-8-6-2)43-96-72-64(93)63(92)67(52(42-81)101-72)103-74-66(95)69(60(89)53(102-74)44-97-70-55(75-45(3)82)61(90)57(86)49(39-78)98-70)105-73-65(94)68(59(88)51(41-80)100-73)104-71-56(76-46(4)83)62(91)58(87)50(40-79)99-71/h35,37,47-53,55-74,78-81,84,86-95H,5-34,36,38-44H2,1-4H3,(H,75,82)(H,76,83)(H,77,85)/b37-35+/t47-,48+,49?,50?,51?,52?,53?,55?,56?,57+,58-,59-,60-,61+,62+,63+,64?,65?,66?,67+,68-,69-,70+,71-,72+,73+,74-/m0/s1. The van der Waals surface area contributed by atoms with Gasteiger partial charge in [-0.05, 0) is 19.3 Å². The van der Waals surface area contributed by atoms with Gasteiger partial charge in [-0.25, -0.2) is 0 Å². The highest BCUT2D eigenvalue weighted by Gasteiger charge is 2.57. The van der Waals surface area contributed by atoms with Crippen molar-refractivity contribution < 1.29 is 138 Å². The molecule has 5 aliphatic heterocycles. The van der Waals surface area contributed by atoms with E-state index >= 15 is 0 Å². The molecule has 5 saturated heterocycles. The maximum atomic E-state index is 13.6. The molecular formula is C74H135N3O28. The number of aliphatic hydroxyl groups excluding tert-OH is 15. The number of amides is 3. The molecule has 105 heavy (non-hydrogen) atoms. The molecule has 5 fully saturated rings. The van der Waals surface area contributed by atoms with Crippen LogP contribution >= 0.6 is 0 Å². The van der Waals surface area contributed by atoms with Crippen molar-refractivity contribution in [1.82, 2.24) is 16.0 Å². The van der Waals surface area contributed by atoms with Crippen molar-refractivity contribution >= 4 is 17.7 Å². The minimum Gasteiger partial charge on any atom is -0.394 e.